The summed E-state index contributed by atoms with van der Waals surface area (Å²) in [6, 6.07) is 14.7. The van der Waals surface area contributed by atoms with Gasteiger partial charge in [-0.25, -0.2) is 0 Å². The number of para-hydroxylation sites is 2. The minimum atomic E-state index is -0.321. The molecule has 4 rings (SSSR count). The van der Waals surface area contributed by atoms with Gasteiger partial charge >= 0.3 is 5.97 Å². The monoisotopic (exact) mass is 351 g/mol. The Morgan fingerprint density at radius 1 is 1.04 bits per heavy atom. The molecule has 26 heavy (non-hydrogen) atoms. The van der Waals surface area contributed by atoms with E-state index >= 15 is 0 Å². The van der Waals surface area contributed by atoms with Gasteiger partial charge in [0.05, 0.1) is 17.1 Å². The summed E-state index contributed by atoms with van der Waals surface area (Å²) in [4.78, 5) is 25.2. The molecular formula is C21H21NO4. The quantitative estimate of drug-likeness (QED) is 0.535. The number of benzene rings is 2. The maximum Gasteiger partial charge on any atom is 0.326 e. The van der Waals surface area contributed by atoms with Crippen molar-refractivity contribution < 1.29 is 14.3 Å². The summed E-state index contributed by atoms with van der Waals surface area (Å²) in [5, 5.41) is 1.21. The normalized spacial score (nSPS) is 17.5. The molecule has 0 N–H and O–H groups in total. The number of hydrogen-bond acceptors (Lipinski definition) is 4. The lowest BCUT2D eigenvalue weighted by atomic mass is 10.1. The third kappa shape index (κ3) is 3.22. The van der Waals surface area contributed by atoms with Gasteiger partial charge in [-0.05, 0) is 43.5 Å². The molecule has 1 atom stereocenters. The molecule has 1 aromatic heterocycles. The molecule has 0 bridgehead atoms. The standard InChI is InChI=1S/C21H21NO4/c23-20(26-14-15-7-5-6-12-25-15)13-22-18-10-3-1-8-16(18)21(24)17-9-2-4-11-19(17)22/h1-4,8-11,15H,5-7,12-14H2. The fourth-order valence-electron chi connectivity index (χ4n) is 3.55. The molecule has 2 aromatic carbocycles. The van der Waals surface area contributed by atoms with Crippen LogP contribution in [0.3, 0.4) is 0 Å². The first-order chi connectivity index (χ1) is 12.7. The zero-order valence-corrected chi connectivity index (χ0v) is 14.5. The molecule has 1 aliphatic rings. The minimum Gasteiger partial charge on any atom is -0.462 e. The van der Waals surface area contributed by atoms with Crippen LogP contribution in [0.2, 0.25) is 0 Å². The van der Waals surface area contributed by atoms with Gasteiger partial charge in [-0.3, -0.25) is 9.59 Å². The fraction of sp³-hybridized carbons (Fsp3) is 0.333. The molecule has 1 saturated heterocycles. The lowest BCUT2D eigenvalue weighted by molar-refractivity contribution is -0.149. The van der Waals surface area contributed by atoms with E-state index < -0.39 is 0 Å². The SMILES string of the molecule is O=C(Cn1c2ccccc2c(=O)c2ccccc21)OCC1CCCCO1. The van der Waals surface area contributed by atoms with Crippen molar-refractivity contribution >= 4 is 27.8 Å². The maximum absolute atomic E-state index is 12.7. The van der Waals surface area contributed by atoms with E-state index in [4.69, 9.17) is 9.47 Å². The first-order valence-corrected chi connectivity index (χ1v) is 9.01. The molecule has 1 unspecified atom stereocenters. The number of esters is 1. The summed E-state index contributed by atoms with van der Waals surface area (Å²) in [6.07, 6.45) is 3.10. The van der Waals surface area contributed by atoms with Gasteiger partial charge in [0.15, 0.2) is 5.43 Å². The topological polar surface area (TPSA) is 57.5 Å². The second-order valence-electron chi connectivity index (χ2n) is 6.62. The van der Waals surface area contributed by atoms with E-state index in [0.29, 0.717) is 10.8 Å². The van der Waals surface area contributed by atoms with Crippen molar-refractivity contribution in [2.24, 2.45) is 0 Å². The molecule has 5 heteroatoms. The smallest absolute Gasteiger partial charge is 0.326 e. The van der Waals surface area contributed by atoms with Crippen LogP contribution in [-0.2, 0) is 20.8 Å². The maximum atomic E-state index is 12.7. The number of rotatable bonds is 4. The highest BCUT2D eigenvalue weighted by atomic mass is 16.6. The molecule has 3 aromatic rings. The lowest BCUT2D eigenvalue weighted by Crippen LogP contribution is -2.27. The number of carbonyl (C=O) groups excluding carboxylic acids is 1. The number of fused-ring (bicyclic) bond motifs is 2. The van der Waals surface area contributed by atoms with Crippen molar-refractivity contribution in [2.45, 2.75) is 31.9 Å². The van der Waals surface area contributed by atoms with Crippen molar-refractivity contribution in [1.29, 1.82) is 0 Å². The Labute approximate surface area is 151 Å². The highest BCUT2D eigenvalue weighted by molar-refractivity contribution is 5.94. The lowest BCUT2D eigenvalue weighted by Gasteiger charge is -2.22. The minimum absolute atomic E-state index is 0.00444. The Kier molecular flexibility index (Phi) is 4.71. The van der Waals surface area contributed by atoms with E-state index in [1.54, 1.807) is 12.1 Å². The Hall–Kier alpha value is -2.66. The van der Waals surface area contributed by atoms with Crippen molar-refractivity contribution in [2.75, 3.05) is 13.2 Å². The number of nitrogens with zero attached hydrogens (tertiary/aromatic N) is 1. The van der Waals surface area contributed by atoms with E-state index in [1.807, 2.05) is 41.0 Å². The predicted molar refractivity (Wildman–Crippen MR) is 100 cm³/mol. The predicted octanol–water partition coefficient (Wildman–Crippen LogP) is 3.27. The molecule has 1 fully saturated rings. The zero-order chi connectivity index (χ0) is 17.9. The second kappa shape index (κ2) is 7.30. The van der Waals surface area contributed by atoms with Crippen molar-refractivity contribution in [3.63, 3.8) is 0 Å². The Morgan fingerprint density at radius 3 is 2.31 bits per heavy atom. The van der Waals surface area contributed by atoms with E-state index in [9.17, 15) is 9.59 Å². The largest absolute Gasteiger partial charge is 0.462 e. The molecule has 0 aliphatic carbocycles. The molecular weight excluding hydrogens is 330 g/mol. The van der Waals surface area contributed by atoms with Gasteiger partial charge in [-0.2, -0.15) is 0 Å². The molecule has 0 saturated carbocycles. The van der Waals surface area contributed by atoms with Gasteiger partial charge in [0.2, 0.25) is 0 Å². The van der Waals surface area contributed by atoms with Crippen molar-refractivity contribution in [1.82, 2.24) is 4.57 Å². The van der Waals surface area contributed by atoms with E-state index in [1.165, 1.54) is 0 Å². The van der Waals surface area contributed by atoms with Crippen molar-refractivity contribution in [3.05, 3.63) is 58.8 Å². The molecule has 1 aliphatic heterocycles. The second-order valence-corrected chi connectivity index (χ2v) is 6.62. The first kappa shape index (κ1) is 16.8. The van der Waals surface area contributed by atoms with Crippen LogP contribution in [0.4, 0.5) is 0 Å². The van der Waals surface area contributed by atoms with Gasteiger partial charge in [0.25, 0.3) is 0 Å². The summed E-state index contributed by atoms with van der Waals surface area (Å²) in [5.41, 5.74) is 1.46. The van der Waals surface area contributed by atoms with Crippen molar-refractivity contribution in [3.8, 4) is 0 Å². The molecule has 134 valence electrons. The number of ether oxygens (including phenoxy) is 2. The van der Waals surface area contributed by atoms with E-state index in [-0.39, 0.29) is 30.7 Å². The number of carbonyl (C=O) groups is 1. The van der Waals surface area contributed by atoms with Crippen LogP contribution >= 0.6 is 0 Å². The Morgan fingerprint density at radius 2 is 1.69 bits per heavy atom. The van der Waals surface area contributed by atoms with Gasteiger partial charge in [0, 0.05) is 17.4 Å². The van der Waals surface area contributed by atoms with E-state index in [0.717, 1.165) is 36.9 Å². The fourth-order valence-corrected chi connectivity index (χ4v) is 3.55. The zero-order valence-electron chi connectivity index (χ0n) is 14.5. The van der Waals surface area contributed by atoms with Crippen LogP contribution in [0.1, 0.15) is 19.3 Å². The summed E-state index contributed by atoms with van der Waals surface area (Å²) >= 11 is 0. The highest BCUT2D eigenvalue weighted by Gasteiger charge is 2.17. The number of hydrogen-bond donors (Lipinski definition) is 0. The van der Waals surface area contributed by atoms with Gasteiger partial charge in [-0.1, -0.05) is 24.3 Å². The Balaban J connectivity index is 1.65. The first-order valence-electron chi connectivity index (χ1n) is 9.01. The molecule has 0 spiro atoms. The third-order valence-corrected chi connectivity index (χ3v) is 4.87. The van der Waals surface area contributed by atoms with Gasteiger partial charge in [0.1, 0.15) is 13.2 Å². The van der Waals surface area contributed by atoms with Crippen LogP contribution in [0, 0.1) is 0 Å². The third-order valence-electron chi connectivity index (χ3n) is 4.87. The summed E-state index contributed by atoms with van der Waals surface area (Å²) in [6.45, 7) is 1.08. The van der Waals surface area contributed by atoms with Crippen LogP contribution in [0.5, 0.6) is 0 Å². The summed E-state index contributed by atoms with van der Waals surface area (Å²) in [5.74, 6) is -0.321. The Bertz CT molecular complexity index is 942. The average Bonchev–Trinajstić information content (AvgIpc) is 2.70. The number of pyridine rings is 1. The average molecular weight is 351 g/mol. The van der Waals surface area contributed by atoms with Crippen LogP contribution in [0.15, 0.2) is 53.3 Å². The summed E-state index contributed by atoms with van der Waals surface area (Å²) in [7, 11) is 0. The van der Waals surface area contributed by atoms with Gasteiger partial charge in [-0.15, -0.1) is 0 Å². The van der Waals surface area contributed by atoms with Crippen LogP contribution in [-0.4, -0.2) is 29.9 Å². The van der Waals surface area contributed by atoms with Crippen LogP contribution in [0.25, 0.3) is 21.8 Å². The molecule has 0 radical (unpaired) electrons. The molecule has 0 amide bonds. The van der Waals surface area contributed by atoms with Gasteiger partial charge < -0.3 is 14.0 Å². The summed E-state index contributed by atoms with van der Waals surface area (Å²) < 4.78 is 12.9. The van der Waals surface area contributed by atoms with Crippen LogP contribution < -0.4 is 5.43 Å². The molecule has 5 nitrogen and oxygen atoms in total. The number of aromatic nitrogens is 1. The van der Waals surface area contributed by atoms with E-state index in [2.05, 4.69) is 0 Å². The highest BCUT2D eigenvalue weighted by Crippen LogP contribution is 2.19. The molecule has 2 heterocycles.